The Morgan fingerprint density at radius 1 is 1.69 bits per heavy atom. The fourth-order valence-electron chi connectivity index (χ4n) is 0.805. The van der Waals surface area contributed by atoms with E-state index in [4.69, 9.17) is 27.9 Å². The number of ether oxygens (including phenoxy) is 1. The number of nitrogens with one attached hydrogen (secondary N) is 1. The standard InChI is InChI=1S/C7H8Cl2N2O2/c1-2-13-7(12)6-4(8)3-5(9)10-11-6/h3,10-11H,2H2,1H3/p+1. The largest absolute Gasteiger partial charge is 0.461 e. The summed E-state index contributed by atoms with van der Waals surface area (Å²) in [5.74, 6) is -0.482. The van der Waals surface area contributed by atoms with E-state index < -0.39 is 5.97 Å². The van der Waals surface area contributed by atoms with E-state index in [1.807, 2.05) is 0 Å². The number of allylic oxidation sites excluding steroid dienone is 2. The van der Waals surface area contributed by atoms with Gasteiger partial charge in [0.1, 0.15) is 0 Å². The van der Waals surface area contributed by atoms with Crippen LogP contribution in [0.4, 0.5) is 0 Å². The van der Waals surface area contributed by atoms with Gasteiger partial charge >= 0.3 is 5.97 Å². The Balaban J connectivity index is 2.79. The van der Waals surface area contributed by atoms with E-state index in [2.05, 4.69) is 5.43 Å². The highest BCUT2D eigenvalue weighted by Gasteiger charge is 2.20. The molecular formula is C7H9Cl2N2O2+. The van der Waals surface area contributed by atoms with Crippen LogP contribution in [0.1, 0.15) is 6.92 Å². The van der Waals surface area contributed by atoms with Crippen molar-refractivity contribution in [1.82, 2.24) is 5.43 Å². The smallest absolute Gasteiger partial charge is 0.361 e. The second-order valence-electron chi connectivity index (χ2n) is 2.26. The first-order valence-electron chi connectivity index (χ1n) is 3.69. The summed E-state index contributed by atoms with van der Waals surface area (Å²) in [7, 11) is 0. The van der Waals surface area contributed by atoms with Crippen LogP contribution in [0, 0.1) is 0 Å². The second kappa shape index (κ2) is 4.50. The molecule has 0 spiro atoms. The third-order valence-electron chi connectivity index (χ3n) is 1.34. The Morgan fingerprint density at radius 2 is 2.38 bits per heavy atom. The Bertz CT molecular complexity index is 286. The van der Waals surface area contributed by atoms with Gasteiger partial charge in [-0.1, -0.05) is 11.6 Å². The SMILES string of the molecule is CCOC(=O)C1=C(Cl)C=C(Cl)[NH2+]N1. The van der Waals surface area contributed by atoms with Crippen LogP contribution in [0.3, 0.4) is 0 Å². The van der Waals surface area contributed by atoms with E-state index in [-0.39, 0.29) is 10.7 Å². The molecule has 0 aliphatic carbocycles. The van der Waals surface area contributed by atoms with E-state index in [0.717, 1.165) is 0 Å². The highest BCUT2D eigenvalue weighted by atomic mass is 35.5. The Kier molecular flexibility index (Phi) is 3.59. The molecule has 0 aromatic carbocycles. The number of halogens is 2. The van der Waals surface area contributed by atoms with E-state index in [9.17, 15) is 4.79 Å². The third kappa shape index (κ3) is 2.62. The maximum atomic E-state index is 11.2. The normalized spacial score (nSPS) is 16.4. The van der Waals surface area contributed by atoms with E-state index in [1.165, 1.54) is 11.5 Å². The summed E-state index contributed by atoms with van der Waals surface area (Å²) in [6.07, 6.45) is 1.48. The highest BCUT2D eigenvalue weighted by Crippen LogP contribution is 2.13. The summed E-state index contributed by atoms with van der Waals surface area (Å²) in [5, 5.41) is 0.698. The molecule has 4 nitrogen and oxygen atoms in total. The molecule has 0 radical (unpaired) electrons. The predicted octanol–water partition coefficient (Wildman–Crippen LogP) is 0.162. The highest BCUT2D eigenvalue weighted by molar-refractivity contribution is 6.35. The van der Waals surface area contributed by atoms with Crippen LogP contribution in [0.15, 0.2) is 22.0 Å². The number of hydrogen-bond acceptors (Lipinski definition) is 3. The van der Waals surface area contributed by atoms with Gasteiger partial charge < -0.3 is 4.74 Å². The maximum absolute atomic E-state index is 11.2. The molecule has 0 fully saturated rings. The van der Waals surface area contributed by atoms with Gasteiger partial charge in [0.05, 0.1) is 11.6 Å². The van der Waals surface area contributed by atoms with Gasteiger partial charge in [0.15, 0.2) is 5.70 Å². The maximum Gasteiger partial charge on any atom is 0.361 e. The van der Waals surface area contributed by atoms with Crippen LogP contribution in [-0.2, 0) is 9.53 Å². The number of quaternary nitrogens is 1. The third-order valence-corrected chi connectivity index (χ3v) is 1.85. The Hall–Kier alpha value is -0.710. The quantitative estimate of drug-likeness (QED) is 0.399. The lowest BCUT2D eigenvalue weighted by atomic mass is 10.3. The molecule has 1 rings (SSSR count). The molecule has 0 saturated carbocycles. The van der Waals surface area contributed by atoms with Crippen LogP contribution < -0.4 is 10.9 Å². The first-order chi connectivity index (χ1) is 6.15. The molecule has 0 aromatic rings. The molecule has 0 atom stereocenters. The van der Waals surface area contributed by atoms with E-state index >= 15 is 0 Å². The summed E-state index contributed by atoms with van der Waals surface area (Å²) in [5.41, 5.74) is 4.34. The van der Waals surface area contributed by atoms with E-state index in [0.29, 0.717) is 11.8 Å². The van der Waals surface area contributed by atoms with Crippen LogP contribution in [0.5, 0.6) is 0 Å². The summed E-state index contributed by atoms with van der Waals surface area (Å²) in [6.45, 7) is 2.04. The lowest BCUT2D eigenvalue weighted by Crippen LogP contribution is -2.91. The molecule has 0 amide bonds. The molecule has 72 valence electrons. The minimum absolute atomic E-state index is 0.216. The molecule has 0 unspecified atom stereocenters. The summed E-state index contributed by atoms with van der Waals surface area (Å²) >= 11 is 11.4. The minimum Gasteiger partial charge on any atom is -0.461 e. The molecular weight excluding hydrogens is 215 g/mol. The monoisotopic (exact) mass is 223 g/mol. The van der Waals surface area contributed by atoms with Crippen molar-refractivity contribution < 1.29 is 15.0 Å². The van der Waals surface area contributed by atoms with Gasteiger partial charge in [0.25, 0.3) is 0 Å². The van der Waals surface area contributed by atoms with Crippen molar-refractivity contribution in [3.05, 3.63) is 22.0 Å². The first kappa shape index (κ1) is 10.4. The number of carbonyl (C=O) groups excluding carboxylic acids is 1. The summed E-state index contributed by atoms with van der Waals surface area (Å²) in [4.78, 5) is 11.2. The zero-order chi connectivity index (χ0) is 9.84. The predicted molar refractivity (Wildman–Crippen MR) is 48.5 cm³/mol. The fraction of sp³-hybridized carbons (Fsp3) is 0.286. The first-order valence-corrected chi connectivity index (χ1v) is 4.44. The average Bonchev–Trinajstić information content (AvgIpc) is 2.04. The molecule has 1 aliphatic heterocycles. The van der Waals surface area contributed by atoms with Crippen LogP contribution in [0.25, 0.3) is 0 Å². The van der Waals surface area contributed by atoms with Gasteiger partial charge in [-0.2, -0.15) is 0 Å². The molecule has 0 aromatic heterocycles. The van der Waals surface area contributed by atoms with Gasteiger partial charge in [0.2, 0.25) is 5.16 Å². The summed E-state index contributed by atoms with van der Waals surface area (Å²) in [6, 6.07) is 0. The number of nitrogens with two attached hydrogens (primary N) is 1. The molecule has 13 heavy (non-hydrogen) atoms. The van der Waals surface area contributed by atoms with Crippen molar-refractivity contribution in [2.75, 3.05) is 6.61 Å². The number of esters is 1. The molecule has 6 heteroatoms. The van der Waals surface area contributed by atoms with Gasteiger partial charge in [-0.3, -0.25) is 0 Å². The molecule has 0 bridgehead atoms. The van der Waals surface area contributed by atoms with Gasteiger partial charge in [-0.25, -0.2) is 15.6 Å². The Labute approximate surface area is 85.5 Å². The zero-order valence-electron chi connectivity index (χ0n) is 6.93. The van der Waals surface area contributed by atoms with Crippen molar-refractivity contribution in [3.63, 3.8) is 0 Å². The molecule has 1 heterocycles. The van der Waals surface area contributed by atoms with Crippen molar-refractivity contribution >= 4 is 29.2 Å². The number of carbonyl (C=O) groups is 1. The van der Waals surface area contributed by atoms with Crippen LogP contribution in [-0.4, -0.2) is 12.6 Å². The molecule has 1 aliphatic rings. The zero-order valence-corrected chi connectivity index (χ0v) is 8.45. The number of hydrogen-bond donors (Lipinski definition) is 2. The Morgan fingerprint density at radius 3 is 2.92 bits per heavy atom. The van der Waals surface area contributed by atoms with E-state index in [1.54, 1.807) is 6.92 Å². The lowest BCUT2D eigenvalue weighted by Gasteiger charge is -2.12. The number of rotatable bonds is 2. The van der Waals surface area contributed by atoms with Gasteiger partial charge in [-0.05, 0) is 18.5 Å². The summed E-state index contributed by atoms with van der Waals surface area (Å²) < 4.78 is 4.75. The van der Waals surface area contributed by atoms with Crippen LogP contribution in [0.2, 0.25) is 0 Å². The topological polar surface area (TPSA) is 54.9 Å². The van der Waals surface area contributed by atoms with Crippen molar-refractivity contribution in [2.45, 2.75) is 6.92 Å². The van der Waals surface area contributed by atoms with Gasteiger partial charge in [-0.15, -0.1) is 0 Å². The van der Waals surface area contributed by atoms with Crippen molar-refractivity contribution in [3.8, 4) is 0 Å². The fourth-order valence-corrected chi connectivity index (χ4v) is 1.27. The van der Waals surface area contributed by atoms with Crippen LogP contribution >= 0.6 is 23.2 Å². The van der Waals surface area contributed by atoms with Crippen molar-refractivity contribution in [1.29, 1.82) is 0 Å². The van der Waals surface area contributed by atoms with Gasteiger partial charge in [0, 0.05) is 6.08 Å². The molecule has 0 saturated heterocycles. The minimum atomic E-state index is -0.482. The average molecular weight is 224 g/mol. The van der Waals surface area contributed by atoms with Crippen molar-refractivity contribution in [2.24, 2.45) is 0 Å². The lowest BCUT2D eigenvalue weighted by molar-refractivity contribution is -0.650. The second-order valence-corrected chi connectivity index (χ2v) is 3.10. The molecule has 3 N–H and O–H groups in total.